The molecule has 1 heterocycles. The average molecular weight is 465 g/mol. The number of aromatic nitrogens is 1. The summed E-state index contributed by atoms with van der Waals surface area (Å²) >= 11 is 9.18. The van der Waals surface area contributed by atoms with Crippen LogP contribution >= 0.6 is 34.7 Å². The van der Waals surface area contributed by atoms with E-state index in [1.807, 2.05) is 24.3 Å². The van der Waals surface area contributed by atoms with Crippen molar-refractivity contribution in [3.8, 4) is 0 Å². The lowest BCUT2D eigenvalue weighted by atomic mass is 9.84. The molecule has 1 aromatic heterocycles. The number of amides is 1. The first kappa shape index (κ1) is 19.9. The SMILES string of the molecule is O=C(CSc1nc2ccccc2s1)Nc1cc2c(cc1Cl)C(=O)c1ccccc1C2=O. The maximum atomic E-state index is 12.9. The van der Waals surface area contributed by atoms with Gasteiger partial charge < -0.3 is 5.32 Å². The zero-order valence-electron chi connectivity index (χ0n) is 15.8. The second-order valence-corrected chi connectivity index (χ2v) is 9.53. The minimum absolute atomic E-state index is 0.142. The quantitative estimate of drug-likeness (QED) is 0.357. The Labute approximate surface area is 190 Å². The molecule has 0 saturated heterocycles. The highest BCUT2D eigenvalue weighted by Gasteiger charge is 2.30. The molecule has 0 spiro atoms. The third kappa shape index (κ3) is 3.65. The summed E-state index contributed by atoms with van der Waals surface area (Å²) in [5.41, 5.74) is 2.40. The Hall–Kier alpha value is -3.00. The molecule has 5 nitrogen and oxygen atoms in total. The molecule has 8 heteroatoms. The monoisotopic (exact) mass is 464 g/mol. The second-order valence-electron chi connectivity index (χ2n) is 6.87. The van der Waals surface area contributed by atoms with Gasteiger partial charge in [0, 0.05) is 22.3 Å². The summed E-state index contributed by atoms with van der Waals surface area (Å²) in [5, 5.41) is 2.95. The highest BCUT2D eigenvalue weighted by atomic mass is 35.5. The Balaban J connectivity index is 1.35. The zero-order valence-corrected chi connectivity index (χ0v) is 18.2. The number of nitrogens with zero attached hydrogens (tertiary/aromatic N) is 1. The number of nitrogens with one attached hydrogen (secondary N) is 1. The van der Waals surface area contributed by atoms with E-state index in [2.05, 4.69) is 10.3 Å². The molecule has 0 saturated carbocycles. The molecule has 0 unspecified atom stereocenters. The molecule has 0 aliphatic heterocycles. The van der Waals surface area contributed by atoms with Gasteiger partial charge in [-0.15, -0.1) is 11.3 Å². The normalized spacial score (nSPS) is 12.5. The number of rotatable bonds is 4. The fraction of sp³-hybridized carbons (Fsp3) is 0.0435. The van der Waals surface area contributed by atoms with Crippen molar-refractivity contribution < 1.29 is 14.4 Å². The molecule has 0 bridgehead atoms. The maximum Gasteiger partial charge on any atom is 0.234 e. The van der Waals surface area contributed by atoms with Crippen molar-refractivity contribution in [2.24, 2.45) is 0 Å². The lowest BCUT2D eigenvalue weighted by molar-refractivity contribution is -0.113. The molecule has 1 amide bonds. The summed E-state index contributed by atoms with van der Waals surface area (Å²) < 4.78 is 1.86. The van der Waals surface area contributed by atoms with Crippen molar-refractivity contribution in [3.63, 3.8) is 0 Å². The van der Waals surface area contributed by atoms with Crippen LogP contribution < -0.4 is 5.32 Å². The first-order valence-corrected chi connectivity index (χ1v) is 11.5. The Morgan fingerprint density at radius 2 is 1.58 bits per heavy atom. The van der Waals surface area contributed by atoms with Crippen molar-refractivity contribution in [3.05, 3.63) is 87.9 Å². The lowest BCUT2D eigenvalue weighted by Crippen LogP contribution is -2.22. The number of hydrogen-bond acceptors (Lipinski definition) is 6. The van der Waals surface area contributed by atoms with Gasteiger partial charge in [0.1, 0.15) is 0 Å². The maximum absolute atomic E-state index is 12.9. The van der Waals surface area contributed by atoms with Crippen LogP contribution in [0, 0.1) is 0 Å². The highest BCUT2D eigenvalue weighted by Crippen LogP contribution is 2.34. The van der Waals surface area contributed by atoms with Crippen molar-refractivity contribution in [1.29, 1.82) is 0 Å². The number of anilines is 1. The number of para-hydroxylation sites is 1. The number of thioether (sulfide) groups is 1. The Kier molecular flexibility index (Phi) is 5.09. The van der Waals surface area contributed by atoms with E-state index < -0.39 is 0 Å². The van der Waals surface area contributed by atoms with Gasteiger partial charge in [-0.25, -0.2) is 4.98 Å². The summed E-state index contributed by atoms with van der Waals surface area (Å²) in [6.45, 7) is 0. The largest absolute Gasteiger partial charge is 0.324 e. The topological polar surface area (TPSA) is 76.1 Å². The number of thiazole rings is 1. The lowest BCUT2D eigenvalue weighted by Gasteiger charge is -2.19. The summed E-state index contributed by atoms with van der Waals surface area (Å²) in [7, 11) is 0. The van der Waals surface area contributed by atoms with Gasteiger partial charge in [-0.1, -0.05) is 59.8 Å². The fourth-order valence-electron chi connectivity index (χ4n) is 3.44. The summed E-state index contributed by atoms with van der Waals surface area (Å²) in [6.07, 6.45) is 0. The van der Waals surface area contributed by atoms with Gasteiger partial charge >= 0.3 is 0 Å². The van der Waals surface area contributed by atoms with Gasteiger partial charge in [0.05, 0.1) is 26.7 Å². The first-order valence-electron chi connectivity index (χ1n) is 9.31. The van der Waals surface area contributed by atoms with Crippen LogP contribution in [0.25, 0.3) is 10.2 Å². The van der Waals surface area contributed by atoms with Gasteiger partial charge in [0.15, 0.2) is 15.9 Å². The molecule has 4 aromatic rings. The fourth-order valence-corrected chi connectivity index (χ4v) is 5.52. The number of benzene rings is 3. The van der Waals surface area contributed by atoms with E-state index in [1.54, 1.807) is 24.3 Å². The van der Waals surface area contributed by atoms with E-state index in [9.17, 15) is 14.4 Å². The predicted octanol–water partition coefficient (Wildman–Crippen LogP) is 5.46. The average Bonchev–Trinajstić information content (AvgIpc) is 3.20. The van der Waals surface area contributed by atoms with Crippen LogP contribution in [0.1, 0.15) is 31.8 Å². The second kappa shape index (κ2) is 7.92. The molecule has 1 N–H and O–H groups in total. The van der Waals surface area contributed by atoms with Crippen LogP contribution in [0.4, 0.5) is 5.69 Å². The molecule has 5 rings (SSSR count). The van der Waals surface area contributed by atoms with Crippen molar-refractivity contribution in [2.75, 3.05) is 11.1 Å². The smallest absolute Gasteiger partial charge is 0.234 e. The molecule has 152 valence electrons. The van der Waals surface area contributed by atoms with Crippen molar-refractivity contribution in [2.45, 2.75) is 4.34 Å². The number of hydrogen-bond donors (Lipinski definition) is 1. The van der Waals surface area contributed by atoms with E-state index in [0.29, 0.717) is 16.8 Å². The van der Waals surface area contributed by atoms with Crippen LogP contribution in [0.2, 0.25) is 5.02 Å². The van der Waals surface area contributed by atoms with E-state index in [1.165, 1.54) is 35.2 Å². The summed E-state index contributed by atoms with van der Waals surface area (Å²) in [5.74, 6) is -0.651. The summed E-state index contributed by atoms with van der Waals surface area (Å²) in [6, 6.07) is 17.4. The van der Waals surface area contributed by atoms with E-state index in [4.69, 9.17) is 11.6 Å². The molecule has 1 aliphatic carbocycles. The Bertz CT molecular complexity index is 1360. The summed E-state index contributed by atoms with van der Waals surface area (Å²) in [4.78, 5) is 42.6. The molecule has 1 aliphatic rings. The minimum atomic E-state index is -0.277. The van der Waals surface area contributed by atoms with Crippen LogP contribution in [-0.2, 0) is 4.79 Å². The molecule has 31 heavy (non-hydrogen) atoms. The van der Waals surface area contributed by atoms with E-state index in [-0.39, 0.29) is 39.4 Å². The van der Waals surface area contributed by atoms with Gasteiger partial charge in [-0.2, -0.15) is 0 Å². The van der Waals surface area contributed by atoms with Gasteiger partial charge in [-0.05, 0) is 24.3 Å². The van der Waals surface area contributed by atoms with Gasteiger partial charge in [0.25, 0.3) is 0 Å². The van der Waals surface area contributed by atoms with Crippen LogP contribution in [0.15, 0.2) is 65.0 Å². The Morgan fingerprint density at radius 3 is 2.29 bits per heavy atom. The third-order valence-electron chi connectivity index (χ3n) is 4.89. The molecular formula is C23H13ClN2O3S2. The van der Waals surface area contributed by atoms with Crippen LogP contribution in [-0.4, -0.2) is 28.2 Å². The number of halogens is 1. The molecule has 3 aromatic carbocycles. The van der Waals surface area contributed by atoms with E-state index >= 15 is 0 Å². The zero-order chi connectivity index (χ0) is 21.5. The standard InChI is InChI=1S/C23H13ClN2O3S2/c24-16-9-14-15(22(29)13-6-2-1-5-12(13)21(14)28)10-18(16)25-20(27)11-30-23-26-17-7-3-4-8-19(17)31-23/h1-10H,11H2,(H,25,27). The number of carbonyl (C=O) groups excluding carboxylic acids is 3. The van der Waals surface area contributed by atoms with Crippen LogP contribution in [0.3, 0.4) is 0 Å². The molecule has 0 fully saturated rings. The molecule has 0 radical (unpaired) electrons. The van der Waals surface area contributed by atoms with Gasteiger partial charge in [-0.3, -0.25) is 14.4 Å². The highest BCUT2D eigenvalue weighted by molar-refractivity contribution is 8.01. The first-order chi connectivity index (χ1) is 15.0. The van der Waals surface area contributed by atoms with Gasteiger partial charge in [0.2, 0.25) is 5.91 Å². The Morgan fingerprint density at radius 1 is 0.935 bits per heavy atom. The van der Waals surface area contributed by atoms with Crippen LogP contribution in [0.5, 0.6) is 0 Å². The molecule has 0 atom stereocenters. The number of carbonyl (C=O) groups is 3. The third-order valence-corrected chi connectivity index (χ3v) is 7.38. The van der Waals surface area contributed by atoms with Crippen molar-refractivity contribution >= 4 is 68.1 Å². The number of fused-ring (bicyclic) bond motifs is 3. The predicted molar refractivity (Wildman–Crippen MR) is 124 cm³/mol. The van der Waals surface area contributed by atoms with E-state index in [0.717, 1.165) is 14.6 Å². The minimum Gasteiger partial charge on any atom is -0.324 e. The van der Waals surface area contributed by atoms with Crippen molar-refractivity contribution in [1.82, 2.24) is 4.98 Å². The molecular weight excluding hydrogens is 452 g/mol. The number of ketones is 2.